The van der Waals surface area contributed by atoms with E-state index in [0.29, 0.717) is 11.6 Å². The Morgan fingerprint density at radius 2 is 2.05 bits per heavy atom. The number of halogens is 1. The molecule has 0 bridgehead atoms. The fourth-order valence-corrected chi connectivity index (χ4v) is 3.04. The summed E-state index contributed by atoms with van der Waals surface area (Å²) in [6.07, 6.45) is -0.583. The van der Waals surface area contributed by atoms with E-state index in [1.54, 1.807) is 7.11 Å². The molecule has 0 aliphatic carbocycles. The minimum Gasteiger partial charge on any atom is -0.496 e. The molecule has 1 heterocycles. The SMILES string of the molecule is COc1c(C)cc(Cl)c(C)c1C(O)CN1CCNCC1. The number of hydrogen-bond donors (Lipinski definition) is 2. The molecule has 1 aliphatic heterocycles. The zero-order valence-corrected chi connectivity index (χ0v) is 13.1. The van der Waals surface area contributed by atoms with Crippen LogP contribution in [0.3, 0.4) is 0 Å². The van der Waals surface area contributed by atoms with E-state index < -0.39 is 6.10 Å². The van der Waals surface area contributed by atoms with Gasteiger partial charge in [-0.3, -0.25) is 4.90 Å². The number of nitrogens with one attached hydrogen (secondary N) is 1. The maximum atomic E-state index is 10.6. The normalized spacial score (nSPS) is 18.1. The molecule has 0 aromatic heterocycles. The van der Waals surface area contributed by atoms with Crippen LogP contribution in [0.1, 0.15) is 22.8 Å². The van der Waals surface area contributed by atoms with E-state index in [9.17, 15) is 5.11 Å². The monoisotopic (exact) mass is 298 g/mol. The van der Waals surface area contributed by atoms with Crippen LogP contribution < -0.4 is 10.1 Å². The third-order valence-corrected chi connectivity index (χ3v) is 4.28. The van der Waals surface area contributed by atoms with Gasteiger partial charge in [-0.1, -0.05) is 11.6 Å². The molecule has 20 heavy (non-hydrogen) atoms. The highest BCUT2D eigenvalue weighted by Crippen LogP contribution is 2.36. The van der Waals surface area contributed by atoms with Crippen LogP contribution in [0.25, 0.3) is 0 Å². The number of piperazine rings is 1. The summed E-state index contributed by atoms with van der Waals surface area (Å²) in [4.78, 5) is 2.26. The molecular weight excluding hydrogens is 276 g/mol. The van der Waals surface area contributed by atoms with Crippen LogP contribution in [0, 0.1) is 13.8 Å². The molecule has 1 unspecified atom stereocenters. The summed E-state index contributed by atoms with van der Waals surface area (Å²) in [5.74, 6) is 0.745. The van der Waals surface area contributed by atoms with Gasteiger partial charge in [0.2, 0.25) is 0 Å². The topological polar surface area (TPSA) is 44.7 Å². The van der Waals surface area contributed by atoms with Crippen molar-refractivity contribution in [3.63, 3.8) is 0 Å². The van der Waals surface area contributed by atoms with E-state index in [0.717, 1.165) is 48.6 Å². The Hall–Kier alpha value is -0.810. The minimum absolute atomic E-state index is 0.583. The minimum atomic E-state index is -0.583. The zero-order chi connectivity index (χ0) is 14.7. The highest BCUT2D eigenvalue weighted by atomic mass is 35.5. The molecule has 2 rings (SSSR count). The molecule has 1 aromatic carbocycles. The van der Waals surface area contributed by atoms with Crippen LogP contribution in [-0.2, 0) is 0 Å². The average Bonchev–Trinajstić information content (AvgIpc) is 2.43. The van der Waals surface area contributed by atoms with E-state index >= 15 is 0 Å². The van der Waals surface area contributed by atoms with Gasteiger partial charge in [-0.05, 0) is 31.0 Å². The Kier molecular flexibility index (Phi) is 5.27. The van der Waals surface area contributed by atoms with Gasteiger partial charge in [0, 0.05) is 43.3 Å². The second-order valence-electron chi connectivity index (χ2n) is 5.31. The van der Waals surface area contributed by atoms with E-state index in [2.05, 4.69) is 10.2 Å². The molecule has 112 valence electrons. The fourth-order valence-electron chi connectivity index (χ4n) is 2.78. The summed E-state index contributed by atoms with van der Waals surface area (Å²) < 4.78 is 5.47. The Balaban J connectivity index is 2.25. The first-order valence-electron chi connectivity index (χ1n) is 6.99. The van der Waals surface area contributed by atoms with Gasteiger partial charge in [0.05, 0.1) is 13.2 Å². The van der Waals surface area contributed by atoms with Crippen LogP contribution in [0.5, 0.6) is 5.75 Å². The van der Waals surface area contributed by atoms with E-state index in [1.807, 2.05) is 19.9 Å². The predicted octanol–water partition coefficient (Wildman–Crippen LogP) is 1.90. The molecule has 4 nitrogen and oxygen atoms in total. The van der Waals surface area contributed by atoms with Crippen LogP contribution >= 0.6 is 11.6 Å². The Morgan fingerprint density at radius 1 is 1.40 bits per heavy atom. The van der Waals surface area contributed by atoms with E-state index in [-0.39, 0.29) is 0 Å². The highest BCUT2D eigenvalue weighted by Gasteiger charge is 2.23. The molecule has 5 heteroatoms. The molecule has 1 atom stereocenters. The molecule has 1 aliphatic rings. The van der Waals surface area contributed by atoms with Gasteiger partial charge >= 0.3 is 0 Å². The van der Waals surface area contributed by atoms with Crippen molar-refractivity contribution in [1.29, 1.82) is 0 Å². The van der Waals surface area contributed by atoms with Gasteiger partial charge in [0.1, 0.15) is 5.75 Å². The van der Waals surface area contributed by atoms with Gasteiger partial charge in [-0.2, -0.15) is 0 Å². The number of aliphatic hydroxyl groups is 1. The second kappa shape index (κ2) is 6.76. The summed E-state index contributed by atoms with van der Waals surface area (Å²) >= 11 is 6.24. The van der Waals surface area contributed by atoms with Gasteiger partial charge < -0.3 is 15.2 Å². The summed E-state index contributed by atoms with van der Waals surface area (Å²) in [6.45, 7) is 8.34. The van der Waals surface area contributed by atoms with E-state index in [1.165, 1.54) is 0 Å². The van der Waals surface area contributed by atoms with Crippen molar-refractivity contribution in [2.45, 2.75) is 20.0 Å². The maximum absolute atomic E-state index is 10.6. The lowest BCUT2D eigenvalue weighted by Crippen LogP contribution is -2.45. The largest absolute Gasteiger partial charge is 0.496 e. The van der Waals surface area contributed by atoms with Gasteiger partial charge in [0.25, 0.3) is 0 Å². The number of hydrogen-bond acceptors (Lipinski definition) is 4. The summed E-state index contributed by atoms with van der Waals surface area (Å²) in [7, 11) is 1.64. The number of benzene rings is 1. The van der Waals surface area contributed by atoms with Crippen molar-refractivity contribution < 1.29 is 9.84 Å². The lowest BCUT2D eigenvalue weighted by Gasteiger charge is -2.30. The molecular formula is C15H23ClN2O2. The average molecular weight is 299 g/mol. The smallest absolute Gasteiger partial charge is 0.127 e. The zero-order valence-electron chi connectivity index (χ0n) is 12.4. The molecule has 0 saturated carbocycles. The van der Waals surface area contributed by atoms with Crippen molar-refractivity contribution in [2.24, 2.45) is 0 Å². The first kappa shape index (κ1) is 15.6. The molecule has 1 fully saturated rings. The van der Waals surface area contributed by atoms with Gasteiger partial charge in [-0.25, -0.2) is 0 Å². The maximum Gasteiger partial charge on any atom is 0.127 e. The first-order valence-corrected chi connectivity index (χ1v) is 7.37. The molecule has 0 amide bonds. The second-order valence-corrected chi connectivity index (χ2v) is 5.72. The van der Waals surface area contributed by atoms with Crippen LogP contribution in [0.15, 0.2) is 6.07 Å². The predicted molar refractivity (Wildman–Crippen MR) is 81.7 cm³/mol. The van der Waals surface area contributed by atoms with Crippen LogP contribution in [0.2, 0.25) is 5.02 Å². The van der Waals surface area contributed by atoms with Crippen molar-refractivity contribution in [1.82, 2.24) is 10.2 Å². The molecule has 2 N–H and O–H groups in total. The number of rotatable bonds is 4. The Labute approximate surface area is 125 Å². The highest BCUT2D eigenvalue weighted by molar-refractivity contribution is 6.31. The third kappa shape index (κ3) is 3.26. The van der Waals surface area contributed by atoms with Crippen molar-refractivity contribution >= 4 is 11.6 Å². The van der Waals surface area contributed by atoms with Crippen molar-refractivity contribution in [3.05, 3.63) is 27.8 Å². The van der Waals surface area contributed by atoms with Crippen LogP contribution in [0.4, 0.5) is 0 Å². The van der Waals surface area contributed by atoms with Crippen molar-refractivity contribution in [3.8, 4) is 5.75 Å². The molecule has 1 saturated heterocycles. The van der Waals surface area contributed by atoms with Crippen LogP contribution in [-0.4, -0.2) is 49.8 Å². The first-order chi connectivity index (χ1) is 9.54. The summed E-state index contributed by atoms with van der Waals surface area (Å²) in [5.41, 5.74) is 2.67. The quantitative estimate of drug-likeness (QED) is 0.891. The molecule has 0 radical (unpaired) electrons. The lowest BCUT2D eigenvalue weighted by atomic mass is 9.98. The third-order valence-electron chi connectivity index (χ3n) is 3.89. The standard InChI is InChI=1S/C15H23ClN2O2/c1-10-8-12(16)11(2)14(15(10)20-3)13(19)9-18-6-4-17-5-7-18/h8,13,17,19H,4-7,9H2,1-3H3. The number of β-amino-alcohol motifs (C(OH)–C–C–N with tert-alkyl or cyclic N) is 1. The number of methoxy groups -OCH3 is 1. The molecule has 0 spiro atoms. The Morgan fingerprint density at radius 3 is 2.65 bits per heavy atom. The summed E-state index contributed by atoms with van der Waals surface area (Å²) in [6, 6.07) is 1.89. The van der Waals surface area contributed by atoms with Gasteiger partial charge in [-0.15, -0.1) is 0 Å². The van der Waals surface area contributed by atoms with Gasteiger partial charge in [0.15, 0.2) is 0 Å². The van der Waals surface area contributed by atoms with E-state index in [4.69, 9.17) is 16.3 Å². The number of aliphatic hydroxyl groups excluding tert-OH is 1. The number of ether oxygens (including phenoxy) is 1. The fraction of sp³-hybridized carbons (Fsp3) is 0.600. The summed E-state index contributed by atoms with van der Waals surface area (Å²) in [5, 5.41) is 14.6. The lowest BCUT2D eigenvalue weighted by molar-refractivity contribution is 0.103. The van der Waals surface area contributed by atoms with Crippen molar-refractivity contribution in [2.75, 3.05) is 39.8 Å². The Bertz CT molecular complexity index is 473. The number of nitrogens with zero attached hydrogens (tertiary/aromatic N) is 1. The number of aryl methyl sites for hydroxylation is 1. The molecule has 1 aromatic rings.